The van der Waals surface area contributed by atoms with E-state index in [1.807, 2.05) is 29.6 Å². The van der Waals surface area contributed by atoms with Gasteiger partial charge in [0.2, 0.25) is 5.91 Å². The minimum Gasteiger partial charge on any atom is -0.322 e. The Bertz CT molecular complexity index is 1050. The summed E-state index contributed by atoms with van der Waals surface area (Å²) in [5.74, 6) is -5.94. The first-order chi connectivity index (χ1) is 14.2. The average Bonchev–Trinajstić information content (AvgIpc) is 2.96. The van der Waals surface area contributed by atoms with Crippen LogP contribution in [0.1, 0.15) is 30.9 Å². The van der Waals surface area contributed by atoms with E-state index < -0.39 is 46.7 Å². The summed E-state index contributed by atoms with van der Waals surface area (Å²) < 4.78 is 39.9. The lowest BCUT2D eigenvalue weighted by molar-refractivity contribution is -0.127. The Balaban J connectivity index is 1.70. The summed E-state index contributed by atoms with van der Waals surface area (Å²) in [6.45, 7) is 3.42. The van der Waals surface area contributed by atoms with Gasteiger partial charge in [-0.3, -0.25) is 19.3 Å². The lowest BCUT2D eigenvalue weighted by Crippen LogP contribution is -2.36. The van der Waals surface area contributed by atoms with Crippen LogP contribution >= 0.6 is 11.8 Å². The average molecular weight is 434 g/mol. The summed E-state index contributed by atoms with van der Waals surface area (Å²) in [7, 11) is 0. The lowest BCUT2D eigenvalue weighted by Gasteiger charge is -2.13. The molecule has 0 bridgehead atoms. The summed E-state index contributed by atoms with van der Waals surface area (Å²) >= 11 is 0.678. The number of thioether (sulfide) groups is 1. The van der Waals surface area contributed by atoms with Crippen molar-refractivity contribution in [2.24, 2.45) is 0 Å². The zero-order valence-corrected chi connectivity index (χ0v) is 16.9. The molecule has 1 fully saturated rings. The molecule has 1 N–H and O–H groups in total. The second-order valence-corrected chi connectivity index (χ2v) is 7.85. The minimum absolute atomic E-state index is 0.143. The molecule has 5 nitrogen and oxygen atoms in total. The van der Waals surface area contributed by atoms with E-state index in [2.05, 4.69) is 13.8 Å². The molecule has 1 heterocycles. The number of halogens is 3. The Morgan fingerprint density at radius 1 is 1.07 bits per heavy atom. The van der Waals surface area contributed by atoms with Gasteiger partial charge in [-0.05, 0) is 47.0 Å². The third-order valence-electron chi connectivity index (χ3n) is 4.39. The molecule has 0 spiro atoms. The summed E-state index contributed by atoms with van der Waals surface area (Å²) in [4.78, 5) is 37.6. The standard InChI is InChI=1S/C21H17F3N2O3S/c1-11(2)13-5-3-12(4-6-13)9-16-20(28)26(21(29)30-16)10-17(27)25-15-8-7-14(22)18(23)19(15)24/h3-9,11H,10H2,1-2H3,(H,25,27)/b16-9+. The lowest BCUT2D eigenvalue weighted by atomic mass is 10.0. The van der Waals surface area contributed by atoms with Gasteiger partial charge in [0.1, 0.15) is 6.54 Å². The number of anilines is 1. The maximum absolute atomic E-state index is 13.7. The summed E-state index contributed by atoms with van der Waals surface area (Å²) in [5, 5.41) is 1.37. The minimum atomic E-state index is -1.73. The molecule has 1 saturated heterocycles. The Kier molecular flexibility index (Phi) is 6.31. The maximum Gasteiger partial charge on any atom is 0.294 e. The Hall–Kier alpha value is -3.07. The highest BCUT2D eigenvalue weighted by Gasteiger charge is 2.36. The smallest absolute Gasteiger partial charge is 0.294 e. The topological polar surface area (TPSA) is 66.5 Å². The van der Waals surface area contributed by atoms with Crippen molar-refractivity contribution >= 4 is 40.6 Å². The quantitative estimate of drug-likeness (QED) is 0.537. The van der Waals surface area contributed by atoms with Gasteiger partial charge < -0.3 is 5.32 Å². The van der Waals surface area contributed by atoms with E-state index in [9.17, 15) is 27.6 Å². The number of carbonyl (C=O) groups excluding carboxylic acids is 3. The Morgan fingerprint density at radius 2 is 1.73 bits per heavy atom. The van der Waals surface area contributed by atoms with E-state index in [0.717, 1.165) is 17.2 Å². The molecule has 30 heavy (non-hydrogen) atoms. The number of benzene rings is 2. The number of nitrogens with zero attached hydrogens (tertiary/aromatic N) is 1. The number of amides is 3. The SMILES string of the molecule is CC(C)c1ccc(/C=C2/SC(=O)N(CC(=O)Nc3ccc(F)c(F)c3F)C2=O)cc1. The molecular formula is C21H17F3N2O3S. The zero-order chi connectivity index (χ0) is 22.0. The van der Waals surface area contributed by atoms with Gasteiger partial charge in [-0.2, -0.15) is 0 Å². The van der Waals surface area contributed by atoms with Gasteiger partial charge in [-0.15, -0.1) is 0 Å². The van der Waals surface area contributed by atoms with E-state index in [-0.39, 0.29) is 4.91 Å². The van der Waals surface area contributed by atoms with Gasteiger partial charge >= 0.3 is 0 Å². The van der Waals surface area contributed by atoms with Gasteiger partial charge in [-0.1, -0.05) is 38.1 Å². The highest BCUT2D eigenvalue weighted by atomic mass is 32.2. The molecule has 3 rings (SSSR count). The number of rotatable bonds is 5. The van der Waals surface area contributed by atoms with Crippen LogP contribution in [0.15, 0.2) is 41.3 Å². The predicted octanol–water partition coefficient (Wildman–Crippen LogP) is 4.90. The summed E-state index contributed by atoms with van der Waals surface area (Å²) in [5.41, 5.74) is 1.26. The highest BCUT2D eigenvalue weighted by Crippen LogP contribution is 2.32. The molecule has 9 heteroatoms. The molecule has 0 atom stereocenters. The van der Waals surface area contributed by atoms with Crippen LogP contribution in [0.4, 0.5) is 23.7 Å². The molecular weight excluding hydrogens is 417 g/mol. The van der Waals surface area contributed by atoms with Gasteiger partial charge in [0, 0.05) is 0 Å². The van der Waals surface area contributed by atoms with Crippen LogP contribution in [-0.2, 0) is 9.59 Å². The van der Waals surface area contributed by atoms with Crippen LogP contribution < -0.4 is 5.32 Å². The largest absolute Gasteiger partial charge is 0.322 e. The van der Waals surface area contributed by atoms with Crippen molar-refractivity contribution in [3.8, 4) is 0 Å². The van der Waals surface area contributed by atoms with Gasteiger partial charge in [0.15, 0.2) is 17.5 Å². The highest BCUT2D eigenvalue weighted by molar-refractivity contribution is 8.18. The third-order valence-corrected chi connectivity index (χ3v) is 5.29. The normalized spacial score (nSPS) is 15.4. The van der Waals surface area contributed by atoms with E-state index in [4.69, 9.17) is 0 Å². The van der Waals surface area contributed by atoms with E-state index >= 15 is 0 Å². The van der Waals surface area contributed by atoms with Crippen LogP contribution in [-0.4, -0.2) is 28.5 Å². The first-order valence-electron chi connectivity index (χ1n) is 8.96. The van der Waals surface area contributed by atoms with Crippen LogP contribution in [0.5, 0.6) is 0 Å². The fraction of sp³-hybridized carbons (Fsp3) is 0.190. The Morgan fingerprint density at radius 3 is 2.37 bits per heavy atom. The number of nitrogens with one attached hydrogen (secondary N) is 1. The van der Waals surface area contributed by atoms with Crippen LogP contribution in [0.25, 0.3) is 6.08 Å². The first kappa shape index (κ1) is 21.6. The van der Waals surface area contributed by atoms with Crippen molar-refractivity contribution in [3.05, 3.63) is 69.9 Å². The molecule has 3 amide bonds. The van der Waals surface area contributed by atoms with Crippen molar-refractivity contribution in [3.63, 3.8) is 0 Å². The first-order valence-corrected chi connectivity index (χ1v) is 9.77. The van der Waals surface area contributed by atoms with Gasteiger partial charge in [0.25, 0.3) is 11.1 Å². The predicted molar refractivity (Wildman–Crippen MR) is 108 cm³/mol. The van der Waals surface area contributed by atoms with Crippen molar-refractivity contribution in [2.75, 3.05) is 11.9 Å². The fourth-order valence-electron chi connectivity index (χ4n) is 2.72. The van der Waals surface area contributed by atoms with Crippen LogP contribution in [0.3, 0.4) is 0 Å². The van der Waals surface area contributed by atoms with Crippen LogP contribution in [0.2, 0.25) is 0 Å². The molecule has 0 aromatic heterocycles. The fourth-order valence-corrected chi connectivity index (χ4v) is 3.56. The third kappa shape index (κ3) is 4.56. The number of carbonyl (C=O) groups is 3. The molecule has 0 radical (unpaired) electrons. The van der Waals surface area contributed by atoms with Crippen molar-refractivity contribution in [1.29, 1.82) is 0 Å². The molecule has 0 aliphatic carbocycles. The Labute approximate surface area is 174 Å². The molecule has 0 unspecified atom stereocenters. The number of imide groups is 1. The molecule has 156 valence electrons. The van der Waals surface area contributed by atoms with E-state index in [1.165, 1.54) is 0 Å². The second kappa shape index (κ2) is 8.74. The second-order valence-electron chi connectivity index (χ2n) is 6.86. The monoisotopic (exact) mass is 434 g/mol. The maximum atomic E-state index is 13.7. The van der Waals surface area contributed by atoms with Gasteiger partial charge in [-0.25, -0.2) is 13.2 Å². The van der Waals surface area contributed by atoms with Crippen molar-refractivity contribution in [2.45, 2.75) is 19.8 Å². The van der Waals surface area contributed by atoms with E-state index in [1.54, 1.807) is 6.08 Å². The summed E-state index contributed by atoms with van der Waals surface area (Å²) in [6.07, 6.45) is 1.54. The van der Waals surface area contributed by atoms with Gasteiger partial charge in [0.05, 0.1) is 10.6 Å². The molecule has 1 aliphatic rings. The van der Waals surface area contributed by atoms with Crippen LogP contribution in [0, 0.1) is 17.5 Å². The summed E-state index contributed by atoms with van der Waals surface area (Å²) in [6, 6.07) is 8.99. The van der Waals surface area contributed by atoms with E-state index in [0.29, 0.717) is 28.6 Å². The van der Waals surface area contributed by atoms with Crippen molar-refractivity contribution < 1.29 is 27.6 Å². The number of hydrogen-bond acceptors (Lipinski definition) is 4. The number of hydrogen-bond donors (Lipinski definition) is 1. The van der Waals surface area contributed by atoms with Crippen molar-refractivity contribution in [1.82, 2.24) is 4.90 Å². The molecule has 2 aromatic rings. The molecule has 2 aromatic carbocycles. The molecule has 1 aliphatic heterocycles. The zero-order valence-electron chi connectivity index (χ0n) is 16.0. The molecule has 0 saturated carbocycles.